The van der Waals surface area contributed by atoms with E-state index >= 15 is 0 Å². The molecule has 1 aliphatic rings. The summed E-state index contributed by atoms with van der Waals surface area (Å²) >= 11 is 3.14. The zero-order valence-electron chi connectivity index (χ0n) is 13.2. The van der Waals surface area contributed by atoms with Gasteiger partial charge in [0.2, 0.25) is 11.8 Å². The molecule has 1 aromatic carbocycles. The van der Waals surface area contributed by atoms with Gasteiger partial charge in [0.25, 0.3) is 0 Å². The largest absolute Gasteiger partial charge is 0.332 e. The van der Waals surface area contributed by atoms with E-state index in [1.54, 1.807) is 27.2 Å². The van der Waals surface area contributed by atoms with Crippen LogP contribution in [0, 0.1) is 0 Å². The Bertz CT molecular complexity index is 743. The molecule has 1 aromatic heterocycles. The van der Waals surface area contributed by atoms with Crippen molar-refractivity contribution in [2.75, 3.05) is 23.7 Å². The number of carbonyl (C=O) groups is 2. The van der Waals surface area contributed by atoms with Gasteiger partial charge in [-0.1, -0.05) is 24.3 Å². The van der Waals surface area contributed by atoms with Crippen LogP contribution in [0.1, 0.15) is 4.88 Å². The highest BCUT2D eigenvalue weighted by Gasteiger charge is 2.27. The first-order valence-corrected chi connectivity index (χ1v) is 9.49. The zero-order chi connectivity index (χ0) is 16.9. The Morgan fingerprint density at radius 2 is 2.12 bits per heavy atom. The van der Waals surface area contributed by atoms with Crippen molar-refractivity contribution in [3.05, 3.63) is 59.3 Å². The normalized spacial score (nSPS) is 13.5. The zero-order valence-corrected chi connectivity index (χ0v) is 14.8. The highest BCUT2D eigenvalue weighted by atomic mass is 32.2. The van der Waals surface area contributed by atoms with Crippen LogP contribution in [0.25, 0.3) is 0 Å². The topological polar surface area (TPSA) is 40.6 Å². The molecule has 1 aliphatic heterocycles. The number of rotatable bonds is 6. The smallest absolute Gasteiger partial charge is 0.243 e. The number of para-hydroxylation sites is 1. The molecule has 0 saturated carbocycles. The van der Waals surface area contributed by atoms with E-state index in [-0.39, 0.29) is 18.4 Å². The van der Waals surface area contributed by atoms with Gasteiger partial charge >= 0.3 is 0 Å². The maximum atomic E-state index is 12.8. The van der Waals surface area contributed by atoms with Crippen molar-refractivity contribution < 1.29 is 9.59 Å². The van der Waals surface area contributed by atoms with E-state index in [4.69, 9.17) is 0 Å². The maximum absolute atomic E-state index is 12.8. The lowest BCUT2D eigenvalue weighted by molar-refractivity contribution is -0.131. The van der Waals surface area contributed by atoms with Gasteiger partial charge in [0.1, 0.15) is 6.54 Å². The van der Waals surface area contributed by atoms with E-state index in [1.807, 2.05) is 41.8 Å². The van der Waals surface area contributed by atoms with Crippen molar-refractivity contribution in [2.45, 2.75) is 11.4 Å². The van der Waals surface area contributed by atoms with Crippen LogP contribution in [0.2, 0.25) is 0 Å². The molecule has 0 unspecified atom stereocenters. The van der Waals surface area contributed by atoms with Gasteiger partial charge in [-0.15, -0.1) is 29.7 Å². The monoisotopic (exact) mass is 358 g/mol. The number of anilines is 1. The number of amides is 2. The first kappa shape index (κ1) is 16.8. The van der Waals surface area contributed by atoms with E-state index in [0.717, 1.165) is 15.5 Å². The van der Waals surface area contributed by atoms with Gasteiger partial charge in [0, 0.05) is 16.3 Å². The van der Waals surface area contributed by atoms with Gasteiger partial charge in [0.05, 0.1) is 18.0 Å². The molecule has 0 N–H and O–H groups in total. The third-order valence-corrected chi connectivity index (χ3v) is 5.64. The molecule has 0 radical (unpaired) electrons. The summed E-state index contributed by atoms with van der Waals surface area (Å²) in [5.74, 6) is 0.275. The van der Waals surface area contributed by atoms with Gasteiger partial charge in [-0.25, -0.2) is 0 Å². The number of thiophene rings is 1. The van der Waals surface area contributed by atoms with Crippen molar-refractivity contribution in [2.24, 2.45) is 0 Å². The molecule has 0 spiro atoms. The Kier molecular flexibility index (Phi) is 5.37. The number of hydrogen-bond donors (Lipinski definition) is 0. The molecule has 0 bridgehead atoms. The minimum absolute atomic E-state index is 0.0262. The van der Waals surface area contributed by atoms with Gasteiger partial charge in [-0.3, -0.25) is 9.59 Å². The lowest BCUT2D eigenvalue weighted by Gasteiger charge is -2.30. The number of thioether (sulfide) groups is 1. The second kappa shape index (κ2) is 7.68. The van der Waals surface area contributed by atoms with Crippen LogP contribution in [-0.4, -0.2) is 35.6 Å². The van der Waals surface area contributed by atoms with Crippen molar-refractivity contribution in [3.8, 4) is 0 Å². The molecular weight excluding hydrogens is 340 g/mol. The Hall–Kier alpha value is -2.05. The molecule has 4 nitrogen and oxygen atoms in total. The molecule has 0 fully saturated rings. The average Bonchev–Trinajstić information content (AvgIpc) is 3.10. The average molecular weight is 358 g/mol. The van der Waals surface area contributed by atoms with Crippen LogP contribution in [0.4, 0.5) is 5.69 Å². The predicted molar refractivity (Wildman–Crippen MR) is 99.5 cm³/mol. The van der Waals surface area contributed by atoms with Crippen molar-refractivity contribution in [3.63, 3.8) is 0 Å². The van der Waals surface area contributed by atoms with E-state index in [9.17, 15) is 9.59 Å². The van der Waals surface area contributed by atoms with Crippen molar-refractivity contribution in [1.29, 1.82) is 0 Å². The van der Waals surface area contributed by atoms with Crippen LogP contribution in [0.3, 0.4) is 0 Å². The summed E-state index contributed by atoms with van der Waals surface area (Å²) in [6.45, 7) is 4.81. The summed E-state index contributed by atoms with van der Waals surface area (Å²) < 4.78 is 0. The summed E-state index contributed by atoms with van der Waals surface area (Å²) in [6.07, 6.45) is 1.72. The first-order valence-electron chi connectivity index (χ1n) is 7.62. The number of benzene rings is 1. The highest BCUT2D eigenvalue weighted by Crippen LogP contribution is 2.34. The molecule has 0 aliphatic carbocycles. The molecule has 2 amide bonds. The molecule has 3 rings (SSSR count). The first-order chi connectivity index (χ1) is 11.7. The van der Waals surface area contributed by atoms with Crippen LogP contribution in [-0.2, 0) is 16.1 Å². The minimum Gasteiger partial charge on any atom is -0.332 e. The number of nitrogens with zero attached hydrogens (tertiary/aromatic N) is 2. The van der Waals surface area contributed by atoms with Gasteiger partial charge in [0.15, 0.2) is 0 Å². The molecule has 2 heterocycles. The molecule has 24 heavy (non-hydrogen) atoms. The van der Waals surface area contributed by atoms with Crippen LogP contribution in [0.15, 0.2) is 59.3 Å². The fourth-order valence-electron chi connectivity index (χ4n) is 2.56. The maximum Gasteiger partial charge on any atom is 0.243 e. The predicted octanol–water partition coefficient (Wildman–Crippen LogP) is 3.40. The number of carbonyl (C=O) groups excluding carboxylic acids is 2. The molecule has 0 atom stereocenters. The van der Waals surface area contributed by atoms with E-state index in [0.29, 0.717) is 18.8 Å². The molecule has 6 heteroatoms. The Balaban J connectivity index is 1.76. The second-order valence-corrected chi connectivity index (χ2v) is 7.43. The fraction of sp³-hybridized carbons (Fsp3) is 0.222. The third-order valence-electron chi connectivity index (χ3n) is 3.73. The summed E-state index contributed by atoms with van der Waals surface area (Å²) in [5, 5.41) is 1.99. The summed E-state index contributed by atoms with van der Waals surface area (Å²) in [5.41, 5.74) is 0.821. The minimum atomic E-state index is -0.0710. The van der Waals surface area contributed by atoms with Crippen LogP contribution >= 0.6 is 23.1 Å². The molecule has 2 aromatic rings. The quantitative estimate of drug-likeness (QED) is 0.743. The standard InChI is InChI=1S/C18H18N2O2S2/c1-2-9-19(11-14-6-5-10-23-14)17(21)12-20-15-7-3-4-8-16(15)24-13-18(20)22/h2-8,10H,1,9,11-13H2. The lowest BCUT2D eigenvalue weighted by Crippen LogP contribution is -2.44. The Labute approximate surface area is 149 Å². The molecular formula is C18H18N2O2S2. The van der Waals surface area contributed by atoms with E-state index in [1.165, 1.54) is 11.8 Å². The summed E-state index contributed by atoms with van der Waals surface area (Å²) in [6, 6.07) is 11.7. The van der Waals surface area contributed by atoms with E-state index < -0.39 is 0 Å². The van der Waals surface area contributed by atoms with Crippen molar-refractivity contribution in [1.82, 2.24) is 4.90 Å². The number of fused-ring (bicyclic) bond motifs is 1. The molecule has 0 saturated heterocycles. The highest BCUT2D eigenvalue weighted by molar-refractivity contribution is 8.00. The second-order valence-electron chi connectivity index (χ2n) is 5.38. The summed E-state index contributed by atoms with van der Waals surface area (Å²) in [4.78, 5) is 30.6. The third kappa shape index (κ3) is 3.71. The molecule has 124 valence electrons. The number of hydrogen-bond acceptors (Lipinski definition) is 4. The van der Waals surface area contributed by atoms with E-state index in [2.05, 4.69) is 6.58 Å². The Morgan fingerprint density at radius 3 is 2.88 bits per heavy atom. The van der Waals surface area contributed by atoms with Gasteiger partial charge in [-0.05, 0) is 23.6 Å². The van der Waals surface area contributed by atoms with Gasteiger partial charge in [-0.2, -0.15) is 0 Å². The Morgan fingerprint density at radius 1 is 1.29 bits per heavy atom. The van der Waals surface area contributed by atoms with Gasteiger partial charge < -0.3 is 9.80 Å². The SMILES string of the molecule is C=CCN(Cc1cccs1)C(=O)CN1C(=O)CSc2ccccc21. The van der Waals surface area contributed by atoms with Crippen LogP contribution < -0.4 is 4.90 Å². The summed E-state index contributed by atoms with van der Waals surface area (Å²) in [7, 11) is 0. The lowest BCUT2D eigenvalue weighted by atomic mass is 10.2. The van der Waals surface area contributed by atoms with Crippen molar-refractivity contribution >= 4 is 40.6 Å². The fourth-order valence-corrected chi connectivity index (χ4v) is 4.22. The van der Waals surface area contributed by atoms with Crippen LogP contribution in [0.5, 0.6) is 0 Å².